The van der Waals surface area contributed by atoms with E-state index in [1.165, 1.54) is 12.5 Å². The molecule has 2 N–H and O–H groups in total. The molecule has 0 bridgehead atoms. The first-order valence-corrected chi connectivity index (χ1v) is 6.95. The molecule has 1 nitrogen and oxygen atoms in total. The SMILES string of the molecule is CC1(C)CCCCC1(N)Cc1cccc(F)c1Cl. The lowest BCUT2D eigenvalue weighted by Crippen LogP contribution is -2.56. The van der Waals surface area contributed by atoms with Gasteiger partial charge in [0, 0.05) is 5.54 Å². The van der Waals surface area contributed by atoms with Gasteiger partial charge in [0.05, 0.1) is 5.02 Å². The van der Waals surface area contributed by atoms with Crippen molar-refractivity contribution in [2.45, 2.75) is 51.5 Å². The lowest BCUT2D eigenvalue weighted by molar-refractivity contribution is 0.0990. The molecule has 1 saturated carbocycles. The van der Waals surface area contributed by atoms with E-state index in [-0.39, 0.29) is 21.8 Å². The molecule has 0 aliphatic heterocycles. The molecule has 1 aliphatic carbocycles. The molecule has 2 rings (SSSR count). The van der Waals surface area contributed by atoms with E-state index in [1.807, 2.05) is 6.07 Å². The van der Waals surface area contributed by atoms with Crippen LogP contribution in [-0.4, -0.2) is 5.54 Å². The Hall–Kier alpha value is -0.600. The van der Waals surface area contributed by atoms with Crippen LogP contribution in [0.15, 0.2) is 18.2 Å². The molecule has 3 heteroatoms. The van der Waals surface area contributed by atoms with Crippen LogP contribution in [0.1, 0.15) is 45.1 Å². The van der Waals surface area contributed by atoms with Crippen molar-refractivity contribution in [3.05, 3.63) is 34.6 Å². The van der Waals surface area contributed by atoms with E-state index in [4.69, 9.17) is 17.3 Å². The first-order valence-electron chi connectivity index (χ1n) is 6.57. The molecule has 1 aliphatic rings. The van der Waals surface area contributed by atoms with E-state index in [2.05, 4.69) is 13.8 Å². The summed E-state index contributed by atoms with van der Waals surface area (Å²) in [4.78, 5) is 0. The molecule has 0 amide bonds. The predicted molar refractivity (Wildman–Crippen MR) is 74.3 cm³/mol. The third-order valence-corrected chi connectivity index (χ3v) is 4.98. The lowest BCUT2D eigenvalue weighted by atomic mass is 9.61. The molecule has 0 saturated heterocycles. The Morgan fingerprint density at radius 3 is 2.61 bits per heavy atom. The summed E-state index contributed by atoms with van der Waals surface area (Å²) in [6.07, 6.45) is 5.12. The Kier molecular flexibility index (Phi) is 3.70. The van der Waals surface area contributed by atoms with E-state index in [9.17, 15) is 4.39 Å². The Morgan fingerprint density at radius 1 is 1.28 bits per heavy atom. The average Bonchev–Trinajstić information content (AvgIpc) is 2.29. The molecule has 18 heavy (non-hydrogen) atoms. The summed E-state index contributed by atoms with van der Waals surface area (Å²) in [5.41, 5.74) is 7.22. The highest BCUT2D eigenvalue weighted by Gasteiger charge is 2.43. The summed E-state index contributed by atoms with van der Waals surface area (Å²) >= 11 is 6.04. The molecule has 1 aromatic rings. The van der Waals surface area contributed by atoms with Gasteiger partial charge in [-0.15, -0.1) is 0 Å². The molecule has 0 spiro atoms. The summed E-state index contributed by atoms with van der Waals surface area (Å²) < 4.78 is 13.5. The molecule has 1 unspecified atom stereocenters. The van der Waals surface area contributed by atoms with Gasteiger partial charge in [0.15, 0.2) is 0 Å². The zero-order chi connectivity index (χ0) is 13.4. The van der Waals surface area contributed by atoms with Crippen molar-refractivity contribution in [2.75, 3.05) is 0 Å². The summed E-state index contributed by atoms with van der Waals surface area (Å²) in [6.45, 7) is 4.42. The second-order valence-electron chi connectivity index (χ2n) is 6.14. The minimum Gasteiger partial charge on any atom is -0.324 e. The monoisotopic (exact) mass is 269 g/mol. The quantitative estimate of drug-likeness (QED) is 0.850. The summed E-state index contributed by atoms with van der Waals surface area (Å²) in [7, 11) is 0. The Labute approximate surface area is 114 Å². The van der Waals surface area contributed by atoms with Gasteiger partial charge in [-0.3, -0.25) is 0 Å². The molecular weight excluding hydrogens is 249 g/mol. The normalized spacial score (nSPS) is 27.2. The van der Waals surface area contributed by atoms with Crippen molar-refractivity contribution < 1.29 is 4.39 Å². The van der Waals surface area contributed by atoms with Gasteiger partial charge < -0.3 is 5.73 Å². The fourth-order valence-electron chi connectivity index (χ4n) is 2.95. The summed E-state index contributed by atoms with van der Waals surface area (Å²) in [5.74, 6) is -0.355. The smallest absolute Gasteiger partial charge is 0.142 e. The fourth-order valence-corrected chi connectivity index (χ4v) is 3.14. The van der Waals surface area contributed by atoms with Crippen LogP contribution in [0.5, 0.6) is 0 Å². The fraction of sp³-hybridized carbons (Fsp3) is 0.600. The maximum absolute atomic E-state index is 13.5. The molecule has 1 aromatic carbocycles. The maximum Gasteiger partial charge on any atom is 0.142 e. The zero-order valence-corrected chi connectivity index (χ0v) is 11.9. The van der Waals surface area contributed by atoms with Crippen molar-refractivity contribution in [1.82, 2.24) is 0 Å². The number of hydrogen-bond acceptors (Lipinski definition) is 1. The van der Waals surface area contributed by atoms with Crippen LogP contribution in [0.4, 0.5) is 4.39 Å². The van der Waals surface area contributed by atoms with Crippen LogP contribution < -0.4 is 5.73 Å². The molecular formula is C15H21ClFN. The molecule has 1 fully saturated rings. The van der Waals surface area contributed by atoms with Gasteiger partial charge in [-0.05, 0) is 36.3 Å². The van der Waals surface area contributed by atoms with Crippen molar-refractivity contribution in [2.24, 2.45) is 11.1 Å². The van der Waals surface area contributed by atoms with Crippen molar-refractivity contribution in [3.8, 4) is 0 Å². The molecule has 0 heterocycles. The topological polar surface area (TPSA) is 26.0 Å². The van der Waals surface area contributed by atoms with Crippen molar-refractivity contribution >= 4 is 11.6 Å². The highest BCUT2D eigenvalue weighted by atomic mass is 35.5. The maximum atomic E-state index is 13.5. The molecule has 1 atom stereocenters. The van der Waals surface area contributed by atoms with E-state index in [0.29, 0.717) is 6.42 Å². The minimum atomic E-state index is -0.355. The van der Waals surface area contributed by atoms with E-state index >= 15 is 0 Å². The number of halogens is 2. The van der Waals surface area contributed by atoms with Gasteiger partial charge in [-0.2, -0.15) is 0 Å². The van der Waals surface area contributed by atoms with Gasteiger partial charge in [-0.25, -0.2) is 4.39 Å². The third kappa shape index (κ3) is 2.41. The lowest BCUT2D eigenvalue weighted by Gasteiger charge is -2.48. The van der Waals surface area contributed by atoms with Crippen molar-refractivity contribution in [1.29, 1.82) is 0 Å². The van der Waals surface area contributed by atoms with E-state index in [0.717, 1.165) is 24.8 Å². The van der Waals surface area contributed by atoms with Crippen LogP contribution in [0.25, 0.3) is 0 Å². The minimum absolute atomic E-state index is 0.0703. The second-order valence-corrected chi connectivity index (χ2v) is 6.51. The van der Waals surface area contributed by atoms with E-state index < -0.39 is 0 Å². The Bertz CT molecular complexity index is 444. The Morgan fingerprint density at radius 2 is 1.94 bits per heavy atom. The highest BCUT2D eigenvalue weighted by molar-refractivity contribution is 6.31. The van der Waals surface area contributed by atoms with Gasteiger partial charge >= 0.3 is 0 Å². The first-order chi connectivity index (χ1) is 8.36. The predicted octanol–water partition coefficient (Wildman–Crippen LogP) is 4.32. The standard InChI is InChI=1S/C15H21ClFN/c1-14(2)8-3-4-9-15(14,18)10-11-6-5-7-12(17)13(11)16/h5-7H,3-4,8-10,18H2,1-2H3. The first kappa shape index (κ1) is 13.8. The largest absolute Gasteiger partial charge is 0.324 e. The summed E-state index contributed by atoms with van der Waals surface area (Å²) in [6, 6.07) is 4.97. The van der Waals surface area contributed by atoms with Crippen LogP contribution in [0.2, 0.25) is 5.02 Å². The van der Waals surface area contributed by atoms with Crippen LogP contribution in [0, 0.1) is 11.2 Å². The number of hydrogen-bond donors (Lipinski definition) is 1. The Balaban J connectivity index is 2.29. The number of benzene rings is 1. The zero-order valence-electron chi connectivity index (χ0n) is 11.1. The van der Waals surface area contributed by atoms with Gasteiger partial charge in [0.25, 0.3) is 0 Å². The van der Waals surface area contributed by atoms with Crippen molar-refractivity contribution in [3.63, 3.8) is 0 Å². The van der Waals surface area contributed by atoms with Crippen LogP contribution >= 0.6 is 11.6 Å². The third-order valence-electron chi connectivity index (χ3n) is 4.56. The van der Waals surface area contributed by atoms with Crippen LogP contribution in [-0.2, 0) is 6.42 Å². The highest BCUT2D eigenvalue weighted by Crippen LogP contribution is 2.44. The van der Waals surface area contributed by atoms with Gasteiger partial charge in [0.2, 0.25) is 0 Å². The molecule has 0 radical (unpaired) electrons. The van der Waals surface area contributed by atoms with Gasteiger partial charge in [-0.1, -0.05) is 50.4 Å². The van der Waals surface area contributed by atoms with E-state index in [1.54, 1.807) is 6.07 Å². The summed E-state index contributed by atoms with van der Waals surface area (Å²) in [5, 5.41) is 0.226. The second kappa shape index (κ2) is 4.82. The number of rotatable bonds is 2. The molecule has 100 valence electrons. The average molecular weight is 270 g/mol. The molecule has 0 aromatic heterocycles. The van der Waals surface area contributed by atoms with Gasteiger partial charge in [0.1, 0.15) is 5.82 Å². The van der Waals surface area contributed by atoms with Crippen LogP contribution in [0.3, 0.4) is 0 Å². The number of nitrogens with two attached hydrogens (primary N) is 1.